The van der Waals surface area contributed by atoms with Crippen molar-refractivity contribution in [2.45, 2.75) is 18.1 Å². The fourth-order valence-corrected chi connectivity index (χ4v) is 3.88. The van der Waals surface area contributed by atoms with Crippen LogP contribution in [0.25, 0.3) is 17.5 Å². The number of allylic oxidation sites excluding steroid dienone is 2. The number of benzene rings is 1. The molecule has 0 bridgehead atoms. The number of pyridine rings is 1. The number of thioether (sulfide) groups is 1. The maximum absolute atomic E-state index is 12.6. The lowest BCUT2D eigenvalue weighted by molar-refractivity contribution is 0.102. The van der Waals surface area contributed by atoms with Crippen LogP contribution in [0.3, 0.4) is 0 Å². The van der Waals surface area contributed by atoms with E-state index in [1.165, 1.54) is 22.9 Å². The Morgan fingerprint density at radius 2 is 2.22 bits per heavy atom. The number of rotatable bonds is 7. The van der Waals surface area contributed by atoms with Crippen molar-refractivity contribution in [3.8, 4) is 11.4 Å². The van der Waals surface area contributed by atoms with Gasteiger partial charge in [-0.2, -0.15) is 0 Å². The fourth-order valence-electron chi connectivity index (χ4n) is 3.04. The Hall–Kier alpha value is -2.99. The van der Waals surface area contributed by atoms with E-state index in [4.69, 9.17) is 0 Å². The molecule has 1 aliphatic rings. The first-order valence-electron chi connectivity index (χ1n) is 8.66. The summed E-state index contributed by atoms with van der Waals surface area (Å²) in [6, 6.07) is 9.70. The molecule has 2 aromatic heterocycles. The van der Waals surface area contributed by atoms with Crippen LogP contribution in [0.15, 0.2) is 66.6 Å². The van der Waals surface area contributed by atoms with Gasteiger partial charge in [0.25, 0.3) is 0 Å². The highest BCUT2D eigenvalue weighted by Gasteiger charge is 2.16. The van der Waals surface area contributed by atoms with E-state index in [1.54, 1.807) is 18.5 Å². The van der Waals surface area contributed by atoms with Crippen LogP contribution >= 0.6 is 11.8 Å². The topological polar surface area (TPSA) is 60.7 Å². The molecule has 0 saturated heterocycles. The van der Waals surface area contributed by atoms with Crippen molar-refractivity contribution in [1.82, 2.24) is 19.7 Å². The number of fused-ring (bicyclic) bond motifs is 1. The van der Waals surface area contributed by atoms with E-state index in [0.717, 1.165) is 23.4 Å². The quantitative estimate of drug-likeness (QED) is 0.354. The van der Waals surface area contributed by atoms with E-state index in [-0.39, 0.29) is 5.78 Å². The summed E-state index contributed by atoms with van der Waals surface area (Å²) in [5, 5.41) is 9.26. The molecule has 5 nitrogen and oxygen atoms in total. The van der Waals surface area contributed by atoms with Crippen molar-refractivity contribution in [1.29, 1.82) is 0 Å². The van der Waals surface area contributed by atoms with Gasteiger partial charge in [-0.05, 0) is 35.7 Å². The molecular formula is C21H18N4OS. The summed E-state index contributed by atoms with van der Waals surface area (Å²) in [4.78, 5) is 16.8. The molecule has 0 unspecified atom stereocenters. The predicted molar refractivity (Wildman–Crippen MR) is 108 cm³/mol. The first-order valence-corrected chi connectivity index (χ1v) is 9.65. The van der Waals surface area contributed by atoms with Crippen LogP contribution in [0, 0.1) is 0 Å². The Bertz CT molecular complexity index is 1020. The first kappa shape index (κ1) is 17.4. The molecule has 27 heavy (non-hydrogen) atoms. The largest absolute Gasteiger partial charge is 0.298 e. The van der Waals surface area contributed by atoms with Crippen molar-refractivity contribution in [3.63, 3.8) is 0 Å². The summed E-state index contributed by atoms with van der Waals surface area (Å²) < 4.78 is 1.95. The van der Waals surface area contributed by atoms with Gasteiger partial charge in [0.2, 0.25) is 0 Å². The van der Waals surface area contributed by atoms with E-state index >= 15 is 0 Å². The third-order valence-corrected chi connectivity index (χ3v) is 5.35. The summed E-state index contributed by atoms with van der Waals surface area (Å²) in [7, 11) is 0. The maximum Gasteiger partial charge on any atom is 0.192 e. The minimum Gasteiger partial charge on any atom is -0.298 e. The van der Waals surface area contributed by atoms with Gasteiger partial charge in [-0.25, -0.2) is 0 Å². The summed E-state index contributed by atoms with van der Waals surface area (Å²) in [5.74, 6) is 1.13. The van der Waals surface area contributed by atoms with Gasteiger partial charge in [0, 0.05) is 30.1 Å². The summed E-state index contributed by atoms with van der Waals surface area (Å²) in [6.45, 7) is 4.38. The predicted octanol–water partition coefficient (Wildman–Crippen LogP) is 4.07. The van der Waals surface area contributed by atoms with Crippen molar-refractivity contribution in [3.05, 3.63) is 78.1 Å². The molecule has 4 rings (SSSR count). The van der Waals surface area contributed by atoms with Gasteiger partial charge in [0.05, 0.1) is 5.75 Å². The number of Topliss-reactive ketones (excluding diaryl/α,β-unsaturated/α-hetero) is 1. The number of nitrogens with zero attached hydrogens (tertiary/aromatic N) is 4. The minimum atomic E-state index is 0.0887. The number of carbonyl (C=O) groups excluding carboxylic acids is 1. The summed E-state index contributed by atoms with van der Waals surface area (Å²) in [5.41, 5.74) is 4.04. The zero-order valence-corrected chi connectivity index (χ0v) is 15.5. The number of hydrogen-bond donors (Lipinski definition) is 0. The lowest BCUT2D eigenvalue weighted by atomic mass is 10.0. The zero-order valence-electron chi connectivity index (χ0n) is 14.7. The van der Waals surface area contributed by atoms with Gasteiger partial charge in [-0.3, -0.25) is 14.3 Å². The number of aromatic nitrogens is 4. The second-order valence-electron chi connectivity index (χ2n) is 6.18. The molecule has 0 aliphatic heterocycles. The number of carbonyl (C=O) groups is 1. The van der Waals surface area contributed by atoms with Crippen molar-refractivity contribution >= 4 is 23.6 Å². The maximum atomic E-state index is 12.6. The van der Waals surface area contributed by atoms with E-state index in [0.29, 0.717) is 17.5 Å². The van der Waals surface area contributed by atoms with Crippen LogP contribution in [-0.4, -0.2) is 31.3 Å². The molecule has 0 atom stereocenters. The highest BCUT2D eigenvalue weighted by atomic mass is 32.2. The average Bonchev–Trinajstić information content (AvgIpc) is 3.33. The number of ketones is 1. The van der Waals surface area contributed by atoms with Crippen molar-refractivity contribution in [2.75, 3.05) is 5.75 Å². The van der Waals surface area contributed by atoms with E-state index in [9.17, 15) is 4.79 Å². The molecule has 1 aliphatic carbocycles. The van der Waals surface area contributed by atoms with Crippen LogP contribution < -0.4 is 0 Å². The van der Waals surface area contributed by atoms with Crippen molar-refractivity contribution in [2.24, 2.45) is 0 Å². The molecular weight excluding hydrogens is 356 g/mol. The molecule has 0 amide bonds. The lowest BCUT2D eigenvalue weighted by Crippen LogP contribution is -2.06. The summed E-state index contributed by atoms with van der Waals surface area (Å²) in [6.07, 6.45) is 10.4. The smallest absolute Gasteiger partial charge is 0.192 e. The Labute approximate surface area is 161 Å². The van der Waals surface area contributed by atoms with Gasteiger partial charge in [-0.1, -0.05) is 42.1 Å². The Morgan fingerprint density at radius 3 is 3.04 bits per heavy atom. The monoisotopic (exact) mass is 374 g/mol. The number of hydrogen-bond acceptors (Lipinski definition) is 5. The molecule has 0 spiro atoms. The zero-order chi connectivity index (χ0) is 18.6. The van der Waals surface area contributed by atoms with E-state index in [1.807, 2.05) is 34.9 Å². The molecule has 1 aromatic carbocycles. The third kappa shape index (κ3) is 3.61. The molecule has 0 radical (unpaired) electrons. The molecule has 3 aromatic rings. The molecule has 134 valence electrons. The molecule has 0 saturated carbocycles. The lowest BCUT2D eigenvalue weighted by Gasteiger charge is -2.08. The third-order valence-electron chi connectivity index (χ3n) is 4.38. The Balaban J connectivity index is 1.52. The van der Waals surface area contributed by atoms with Crippen LogP contribution in [0.5, 0.6) is 0 Å². The minimum absolute atomic E-state index is 0.0887. The summed E-state index contributed by atoms with van der Waals surface area (Å²) >= 11 is 1.39. The van der Waals surface area contributed by atoms with Crippen LogP contribution in [0.4, 0.5) is 0 Å². The van der Waals surface area contributed by atoms with Gasteiger partial charge >= 0.3 is 0 Å². The van der Waals surface area contributed by atoms with Gasteiger partial charge in [0.1, 0.15) is 0 Å². The first-order chi connectivity index (χ1) is 13.3. The van der Waals surface area contributed by atoms with Crippen LogP contribution in [0.2, 0.25) is 0 Å². The van der Waals surface area contributed by atoms with Crippen LogP contribution in [-0.2, 0) is 13.0 Å². The van der Waals surface area contributed by atoms with Gasteiger partial charge in [-0.15, -0.1) is 16.8 Å². The Kier molecular flexibility index (Phi) is 4.98. The van der Waals surface area contributed by atoms with E-state index in [2.05, 4.69) is 33.9 Å². The highest BCUT2D eigenvalue weighted by Crippen LogP contribution is 2.25. The van der Waals surface area contributed by atoms with Gasteiger partial charge in [0.15, 0.2) is 16.8 Å². The Morgan fingerprint density at radius 1 is 1.30 bits per heavy atom. The van der Waals surface area contributed by atoms with Crippen LogP contribution in [0.1, 0.15) is 21.5 Å². The average molecular weight is 374 g/mol. The molecule has 2 heterocycles. The second kappa shape index (κ2) is 7.72. The van der Waals surface area contributed by atoms with Crippen molar-refractivity contribution < 1.29 is 4.79 Å². The molecule has 0 N–H and O–H groups in total. The molecule has 0 fully saturated rings. The SMILES string of the molecule is C=CCn1c(SCC(=O)c2ccc3c(c2)CC=C3)nnc1-c1cccnc1. The second-order valence-corrected chi connectivity index (χ2v) is 7.12. The standard InChI is InChI=1S/C21H18N4OS/c1-2-11-25-20(18-7-4-10-22-13-18)23-24-21(25)27-14-19(26)17-9-8-15-5-3-6-16(15)12-17/h2-5,7-10,12-13H,1,6,11,14H2. The van der Waals surface area contributed by atoms with Gasteiger partial charge < -0.3 is 0 Å². The highest BCUT2D eigenvalue weighted by molar-refractivity contribution is 7.99. The van der Waals surface area contributed by atoms with E-state index < -0.39 is 0 Å². The normalized spacial score (nSPS) is 12.1. The molecule has 6 heteroatoms. The fraction of sp³-hybridized carbons (Fsp3) is 0.143.